The maximum Gasteiger partial charge on any atom is 0.239 e. The van der Waals surface area contributed by atoms with Crippen LogP contribution in [0, 0.1) is 0 Å². The van der Waals surface area contributed by atoms with Gasteiger partial charge in [0.2, 0.25) is 5.91 Å². The lowest BCUT2D eigenvalue weighted by Crippen LogP contribution is -2.44. The summed E-state index contributed by atoms with van der Waals surface area (Å²) in [5, 5.41) is 0. The molecule has 0 N–H and O–H groups in total. The minimum absolute atomic E-state index is 0.103. The van der Waals surface area contributed by atoms with Crippen molar-refractivity contribution in [1.82, 2.24) is 9.80 Å². The van der Waals surface area contributed by atoms with Crippen molar-refractivity contribution in [3.05, 3.63) is 23.8 Å². The van der Waals surface area contributed by atoms with Gasteiger partial charge in [-0.05, 0) is 44.0 Å². The standard InChI is InChI=1S/C18H26N2O3/c1-13(18(21)19(2)3)20-9-4-6-15(20)14-7-8-16-17(12-14)23-11-5-10-22-16/h7-8,12-13,15H,4-6,9-11H2,1-3H3/t13-,15-/m1/s1. The van der Waals surface area contributed by atoms with Crippen molar-refractivity contribution in [2.24, 2.45) is 0 Å². The van der Waals surface area contributed by atoms with Gasteiger partial charge in [-0.25, -0.2) is 0 Å². The Morgan fingerprint density at radius 3 is 2.70 bits per heavy atom. The molecular formula is C18H26N2O3. The highest BCUT2D eigenvalue weighted by molar-refractivity contribution is 5.81. The smallest absolute Gasteiger partial charge is 0.239 e. The van der Waals surface area contributed by atoms with E-state index in [1.165, 1.54) is 5.56 Å². The zero-order valence-corrected chi connectivity index (χ0v) is 14.2. The molecule has 2 atom stereocenters. The SMILES string of the molecule is C[C@H](C(=O)N(C)C)N1CCC[C@@H]1c1ccc2c(c1)OCCCO2. The van der Waals surface area contributed by atoms with Crippen molar-refractivity contribution < 1.29 is 14.3 Å². The van der Waals surface area contributed by atoms with Gasteiger partial charge in [-0.15, -0.1) is 0 Å². The quantitative estimate of drug-likeness (QED) is 0.858. The first kappa shape index (κ1) is 16.1. The summed E-state index contributed by atoms with van der Waals surface area (Å²) in [4.78, 5) is 16.3. The first-order valence-corrected chi connectivity index (χ1v) is 8.44. The van der Waals surface area contributed by atoms with Crippen LogP contribution in [-0.4, -0.2) is 55.6 Å². The van der Waals surface area contributed by atoms with Crippen LogP contribution in [0.2, 0.25) is 0 Å². The molecule has 1 aromatic carbocycles. The molecule has 2 aliphatic heterocycles. The zero-order valence-electron chi connectivity index (χ0n) is 14.2. The molecule has 5 heteroatoms. The van der Waals surface area contributed by atoms with Gasteiger partial charge in [0.25, 0.3) is 0 Å². The maximum absolute atomic E-state index is 12.3. The molecule has 23 heavy (non-hydrogen) atoms. The number of fused-ring (bicyclic) bond motifs is 1. The number of rotatable bonds is 3. The number of benzene rings is 1. The Morgan fingerprint density at radius 2 is 1.96 bits per heavy atom. The van der Waals surface area contributed by atoms with Crippen molar-refractivity contribution in [3.8, 4) is 11.5 Å². The lowest BCUT2D eigenvalue weighted by atomic mass is 10.0. The molecule has 1 fully saturated rings. The van der Waals surface area contributed by atoms with Gasteiger partial charge in [0.05, 0.1) is 19.3 Å². The lowest BCUT2D eigenvalue weighted by molar-refractivity contribution is -0.134. The fourth-order valence-electron chi connectivity index (χ4n) is 3.51. The summed E-state index contributed by atoms with van der Waals surface area (Å²) in [6.45, 7) is 4.36. The molecule has 0 radical (unpaired) electrons. The van der Waals surface area contributed by atoms with Crippen LogP contribution in [-0.2, 0) is 4.79 Å². The molecule has 0 aromatic heterocycles. The van der Waals surface area contributed by atoms with Crippen molar-refractivity contribution >= 4 is 5.91 Å². The third-order valence-electron chi connectivity index (χ3n) is 4.75. The number of ether oxygens (including phenoxy) is 2. The fraction of sp³-hybridized carbons (Fsp3) is 0.611. The van der Waals surface area contributed by atoms with E-state index in [9.17, 15) is 4.79 Å². The molecule has 1 saturated heterocycles. The predicted molar refractivity (Wildman–Crippen MR) is 88.9 cm³/mol. The number of carbonyl (C=O) groups excluding carboxylic acids is 1. The molecule has 0 spiro atoms. The number of nitrogens with zero attached hydrogens (tertiary/aromatic N) is 2. The summed E-state index contributed by atoms with van der Waals surface area (Å²) in [6, 6.07) is 6.38. The molecular weight excluding hydrogens is 292 g/mol. The van der Waals surface area contributed by atoms with Gasteiger partial charge in [0.1, 0.15) is 0 Å². The average Bonchev–Trinajstić information content (AvgIpc) is 2.91. The van der Waals surface area contributed by atoms with Crippen LogP contribution < -0.4 is 9.47 Å². The molecule has 5 nitrogen and oxygen atoms in total. The van der Waals surface area contributed by atoms with Gasteiger partial charge in [0.15, 0.2) is 11.5 Å². The lowest BCUT2D eigenvalue weighted by Gasteiger charge is -2.31. The molecule has 1 amide bonds. The van der Waals surface area contributed by atoms with Crippen LogP contribution in [0.25, 0.3) is 0 Å². The first-order chi connectivity index (χ1) is 11.1. The van der Waals surface area contributed by atoms with E-state index < -0.39 is 0 Å². The number of likely N-dealkylation sites (N-methyl/N-ethyl adjacent to an activating group) is 1. The van der Waals surface area contributed by atoms with Crippen LogP contribution >= 0.6 is 0 Å². The molecule has 2 aliphatic rings. The number of carbonyl (C=O) groups is 1. The van der Waals surface area contributed by atoms with E-state index in [1.54, 1.807) is 4.90 Å². The number of hydrogen-bond donors (Lipinski definition) is 0. The summed E-state index contributed by atoms with van der Waals surface area (Å²) in [7, 11) is 3.63. The Morgan fingerprint density at radius 1 is 1.22 bits per heavy atom. The van der Waals surface area contributed by atoms with E-state index in [-0.39, 0.29) is 18.0 Å². The van der Waals surface area contributed by atoms with Gasteiger partial charge >= 0.3 is 0 Å². The number of amides is 1. The second-order valence-corrected chi connectivity index (χ2v) is 6.56. The monoisotopic (exact) mass is 318 g/mol. The zero-order chi connectivity index (χ0) is 16.4. The Hall–Kier alpha value is -1.75. The minimum Gasteiger partial charge on any atom is -0.490 e. The molecule has 2 heterocycles. The second-order valence-electron chi connectivity index (χ2n) is 6.56. The van der Waals surface area contributed by atoms with Gasteiger partial charge in [-0.3, -0.25) is 9.69 Å². The molecule has 0 saturated carbocycles. The Kier molecular flexibility index (Phi) is 4.76. The van der Waals surface area contributed by atoms with Gasteiger partial charge in [0, 0.05) is 26.6 Å². The Bertz CT molecular complexity index is 573. The van der Waals surface area contributed by atoms with E-state index >= 15 is 0 Å². The van der Waals surface area contributed by atoms with E-state index in [4.69, 9.17) is 9.47 Å². The summed E-state index contributed by atoms with van der Waals surface area (Å²) >= 11 is 0. The third kappa shape index (κ3) is 3.29. The van der Waals surface area contributed by atoms with Crippen molar-refractivity contribution in [2.45, 2.75) is 38.3 Å². The van der Waals surface area contributed by atoms with E-state index in [2.05, 4.69) is 17.0 Å². The third-order valence-corrected chi connectivity index (χ3v) is 4.75. The normalized spacial score (nSPS) is 22.5. The van der Waals surface area contributed by atoms with Gasteiger partial charge in [-0.2, -0.15) is 0 Å². The van der Waals surface area contributed by atoms with E-state index in [1.807, 2.05) is 27.1 Å². The number of likely N-dealkylation sites (tertiary alicyclic amines) is 1. The Labute approximate surface area is 138 Å². The van der Waals surface area contributed by atoms with Crippen molar-refractivity contribution in [3.63, 3.8) is 0 Å². The molecule has 1 aromatic rings. The van der Waals surface area contributed by atoms with E-state index in [0.29, 0.717) is 13.2 Å². The summed E-state index contributed by atoms with van der Waals surface area (Å²) in [6.07, 6.45) is 3.10. The van der Waals surface area contributed by atoms with Gasteiger partial charge in [-0.1, -0.05) is 6.07 Å². The largest absolute Gasteiger partial charge is 0.490 e. The minimum atomic E-state index is -0.103. The highest BCUT2D eigenvalue weighted by Crippen LogP contribution is 2.38. The van der Waals surface area contributed by atoms with Crippen LogP contribution in [0.1, 0.15) is 37.8 Å². The topological polar surface area (TPSA) is 42.0 Å². The second kappa shape index (κ2) is 6.79. The summed E-state index contributed by atoms with van der Waals surface area (Å²) < 4.78 is 11.5. The summed E-state index contributed by atoms with van der Waals surface area (Å²) in [5.41, 5.74) is 1.21. The first-order valence-electron chi connectivity index (χ1n) is 8.44. The highest BCUT2D eigenvalue weighted by atomic mass is 16.5. The predicted octanol–water partition coefficient (Wildman–Crippen LogP) is 2.46. The van der Waals surface area contributed by atoms with Crippen LogP contribution in [0.15, 0.2) is 18.2 Å². The number of hydrogen-bond acceptors (Lipinski definition) is 4. The highest BCUT2D eigenvalue weighted by Gasteiger charge is 2.34. The van der Waals surface area contributed by atoms with E-state index in [0.717, 1.165) is 37.3 Å². The summed E-state index contributed by atoms with van der Waals surface area (Å²) in [5.74, 6) is 1.82. The molecule has 126 valence electrons. The molecule has 0 bridgehead atoms. The molecule has 0 unspecified atom stereocenters. The Balaban J connectivity index is 1.82. The maximum atomic E-state index is 12.3. The van der Waals surface area contributed by atoms with Gasteiger partial charge < -0.3 is 14.4 Å². The van der Waals surface area contributed by atoms with Crippen LogP contribution in [0.5, 0.6) is 11.5 Å². The van der Waals surface area contributed by atoms with Crippen molar-refractivity contribution in [2.75, 3.05) is 33.9 Å². The fourth-order valence-corrected chi connectivity index (χ4v) is 3.51. The van der Waals surface area contributed by atoms with Crippen LogP contribution in [0.4, 0.5) is 0 Å². The molecule has 0 aliphatic carbocycles. The van der Waals surface area contributed by atoms with Crippen molar-refractivity contribution in [1.29, 1.82) is 0 Å². The van der Waals surface area contributed by atoms with Crippen LogP contribution in [0.3, 0.4) is 0 Å². The average molecular weight is 318 g/mol. The molecule has 3 rings (SSSR count).